The Morgan fingerprint density at radius 1 is 0.919 bits per heavy atom. The average molecular weight is 521 g/mol. The average Bonchev–Trinajstić information content (AvgIpc) is 3.21. The zero-order valence-electron chi connectivity index (χ0n) is 20.9. The minimum atomic E-state index is -0.918. The molecule has 1 saturated heterocycles. The number of rotatable bonds is 12. The summed E-state index contributed by atoms with van der Waals surface area (Å²) in [6, 6.07) is 29.1. The number of thiocarbonyl (C=S) groups is 1. The van der Waals surface area contributed by atoms with E-state index in [0.29, 0.717) is 25.4 Å². The lowest BCUT2D eigenvalue weighted by atomic mass is 9.92. The molecule has 0 saturated carbocycles. The highest BCUT2D eigenvalue weighted by atomic mass is 32.1. The molecule has 1 unspecified atom stereocenters. The van der Waals surface area contributed by atoms with Crippen molar-refractivity contribution >= 4 is 17.5 Å². The normalized spacial score (nSPS) is 22.9. The largest absolute Gasteiger partial charge is 0.445 e. The number of methoxy groups -OCH3 is 1. The van der Waals surface area contributed by atoms with Gasteiger partial charge in [0.2, 0.25) is 0 Å². The van der Waals surface area contributed by atoms with Crippen LogP contribution in [0.4, 0.5) is 0 Å². The molecule has 1 aliphatic heterocycles. The molecular formula is C30H32O6S. The monoisotopic (exact) mass is 520 g/mol. The highest BCUT2D eigenvalue weighted by molar-refractivity contribution is 7.79. The summed E-state index contributed by atoms with van der Waals surface area (Å²) >= 11 is 5.43. The van der Waals surface area contributed by atoms with Gasteiger partial charge in [-0.25, -0.2) is 0 Å². The van der Waals surface area contributed by atoms with Crippen molar-refractivity contribution in [3.8, 4) is 5.75 Å². The van der Waals surface area contributed by atoms with Crippen LogP contribution in [0.2, 0.25) is 0 Å². The van der Waals surface area contributed by atoms with Gasteiger partial charge in [-0.2, -0.15) is 0 Å². The standard InChI is InChI=1S/C30H32O6S/c1-3-19-30(22-32-20-23-13-7-4-8-14-23)27(33-21-24-15-9-5-10-16-24)26(28(31-2)36-30)35-29(37)34-25-17-11-6-12-18-25/h3-18,26-28H,1,19-22H2,2H3/t26-,27+,28?,30-/m1/s1. The summed E-state index contributed by atoms with van der Waals surface area (Å²) in [5.41, 5.74) is 1.16. The van der Waals surface area contributed by atoms with E-state index in [1.165, 1.54) is 0 Å². The SMILES string of the molecule is C=CC[C@]1(COCc2ccccc2)OC(OC)[C@H](OC(=S)Oc2ccccc2)[C@@H]1OCc1ccccc1. The minimum Gasteiger partial charge on any atom is -0.445 e. The molecule has 0 spiro atoms. The van der Waals surface area contributed by atoms with Gasteiger partial charge in [0.1, 0.15) is 17.5 Å². The zero-order chi connectivity index (χ0) is 25.9. The second-order valence-electron chi connectivity index (χ2n) is 8.72. The number of hydrogen-bond acceptors (Lipinski definition) is 7. The molecule has 3 aromatic rings. The molecule has 0 amide bonds. The predicted molar refractivity (Wildman–Crippen MR) is 145 cm³/mol. The van der Waals surface area contributed by atoms with Crippen LogP contribution in [0.15, 0.2) is 104 Å². The van der Waals surface area contributed by atoms with E-state index < -0.39 is 24.1 Å². The van der Waals surface area contributed by atoms with Gasteiger partial charge in [0.15, 0.2) is 12.4 Å². The van der Waals surface area contributed by atoms with Crippen LogP contribution < -0.4 is 4.74 Å². The minimum absolute atomic E-state index is 0.0465. The van der Waals surface area contributed by atoms with Gasteiger partial charge in [0, 0.05) is 19.3 Å². The molecule has 0 aliphatic carbocycles. The van der Waals surface area contributed by atoms with Crippen LogP contribution in [0.25, 0.3) is 0 Å². The highest BCUT2D eigenvalue weighted by Gasteiger charge is 2.58. The van der Waals surface area contributed by atoms with Gasteiger partial charge in [-0.1, -0.05) is 84.9 Å². The molecule has 37 heavy (non-hydrogen) atoms. The molecule has 3 aromatic carbocycles. The van der Waals surface area contributed by atoms with Crippen molar-refractivity contribution in [3.05, 3.63) is 115 Å². The van der Waals surface area contributed by atoms with E-state index >= 15 is 0 Å². The predicted octanol–water partition coefficient (Wildman–Crippen LogP) is 5.86. The van der Waals surface area contributed by atoms with Crippen LogP contribution in [-0.2, 0) is 36.9 Å². The van der Waals surface area contributed by atoms with Crippen molar-refractivity contribution in [1.29, 1.82) is 0 Å². The Balaban J connectivity index is 1.55. The van der Waals surface area contributed by atoms with Crippen LogP contribution in [-0.4, -0.2) is 43.1 Å². The van der Waals surface area contributed by atoms with Gasteiger partial charge < -0.3 is 28.4 Å². The van der Waals surface area contributed by atoms with Crippen molar-refractivity contribution in [3.63, 3.8) is 0 Å². The second kappa shape index (κ2) is 13.5. The topological polar surface area (TPSA) is 55.4 Å². The fourth-order valence-corrected chi connectivity index (χ4v) is 4.54. The van der Waals surface area contributed by atoms with E-state index in [-0.39, 0.29) is 11.8 Å². The lowest BCUT2D eigenvalue weighted by molar-refractivity contribution is -0.195. The quantitative estimate of drug-likeness (QED) is 0.219. The third-order valence-electron chi connectivity index (χ3n) is 6.07. The number of hydrogen-bond donors (Lipinski definition) is 0. The molecule has 0 N–H and O–H groups in total. The fraction of sp³-hybridized carbons (Fsp3) is 0.300. The zero-order valence-corrected chi connectivity index (χ0v) is 21.7. The molecule has 1 aliphatic rings. The third kappa shape index (κ3) is 7.25. The molecule has 0 radical (unpaired) electrons. The molecule has 4 rings (SSSR count). The number of para-hydroxylation sites is 1. The Labute approximate surface area is 223 Å². The van der Waals surface area contributed by atoms with Crippen LogP contribution in [0.5, 0.6) is 5.75 Å². The first-order valence-corrected chi connectivity index (χ1v) is 12.6. The van der Waals surface area contributed by atoms with E-state index in [9.17, 15) is 0 Å². The molecule has 0 bridgehead atoms. The van der Waals surface area contributed by atoms with Crippen LogP contribution in [0.1, 0.15) is 17.5 Å². The van der Waals surface area contributed by atoms with Gasteiger partial charge in [-0.15, -0.1) is 6.58 Å². The Morgan fingerprint density at radius 2 is 1.51 bits per heavy atom. The molecule has 194 valence electrons. The lowest BCUT2D eigenvalue weighted by Crippen LogP contribution is -2.49. The smallest absolute Gasteiger partial charge is 0.358 e. The van der Waals surface area contributed by atoms with Gasteiger partial charge >= 0.3 is 5.24 Å². The summed E-state index contributed by atoms with van der Waals surface area (Å²) in [7, 11) is 1.56. The first-order chi connectivity index (χ1) is 18.1. The summed E-state index contributed by atoms with van der Waals surface area (Å²) in [6.07, 6.45) is 0.179. The van der Waals surface area contributed by atoms with Crippen molar-refractivity contribution in [2.75, 3.05) is 13.7 Å². The number of benzene rings is 3. The van der Waals surface area contributed by atoms with Crippen LogP contribution in [0.3, 0.4) is 0 Å². The van der Waals surface area contributed by atoms with Crippen molar-refractivity contribution in [1.82, 2.24) is 0 Å². The molecule has 1 heterocycles. The lowest BCUT2D eigenvalue weighted by Gasteiger charge is -2.34. The van der Waals surface area contributed by atoms with Gasteiger partial charge in [0.05, 0.1) is 19.8 Å². The molecule has 6 nitrogen and oxygen atoms in total. The van der Waals surface area contributed by atoms with Gasteiger partial charge in [-0.05, 0) is 29.7 Å². The second-order valence-corrected chi connectivity index (χ2v) is 9.06. The highest BCUT2D eigenvalue weighted by Crippen LogP contribution is 2.40. The van der Waals surface area contributed by atoms with Crippen molar-refractivity contribution < 1.29 is 28.4 Å². The van der Waals surface area contributed by atoms with Gasteiger partial charge in [0.25, 0.3) is 0 Å². The Hall–Kier alpha value is -3.07. The fourth-order valence-electron chi connectivity index (χ4n) is 4.33. The van der Waals surface area contributed by atoms with Gasteiger partial charge in [-0.3, -0.25) is 0 Å². The summed E-state index contributed by atoms with van der Waals surface area (Å²) < 4.78 is 36.7. The molecule has 0 aromatic heterocycles. The molecule has 4 atom stereocenters. The summed E-state index contributed by atoms with van der Waals surface area (Å²) in [6.45, 7) is 4.96. The molecule has 7 heteroatoms. The van der Waals surface area contributed by atoms with E-state index in [0.717, 1.165) is 11.1 Å². The maximum Gasteiger partial charge on any atom is 0.358 e. The Kier molecular flexibility index (Phi) is 9.82. The summed E-state index contributed by atoms with van der Waals surface area (Å²) in [4.78, 5) is 0. The third-order valence-corrected chi connectivity index (χ3v) is 6.24. The van der Waals surface area contributed by atoms with E-state index in [4.69, 9.17) is 40.6 Å². The van der Waals surface area contributed by atoms with Crippen LogP contribution in [0, 0.1) is 0 Å². The van der Waals surface area contributed by atoms with Crippen molar-refractivity contribution in [2.24, 2.45) is 0 Å². The summed E-state index contributed by atoms with van der Waals surface area (Å²) in [5, 5.41) is -0.0465. The van der Waals surface area contributed by atoms with Crippen LogP contribution >= 0.6 is 12.2 Å². The Bertz CT molecular complexity index is 1110. The van der Waals surface area contributed by atoms with E-state index in [2.05, 4.69) is 6.58 Å². The maximum atomic E-state index is 6.48. The number of ether oxygens (including phenoxy) is 6. The summed E-state index contributed by atoms with van der Waals surface area (Å²) in [5.74, 6) is 0.575. The maximum absolute atomic E-state index is 6.48. The molecule has 1 fully saturated rings. The first-order valence-electron chi connectivity index (χ1n) is 12.2. The van der Waals surface area contributed by atoms with E-state index in [1.807, 2.05) is 78.9 Å². The van der Waals surface area contributed by atoms with E-state index in [1.54, 1.807) is 25.3 Å². The molecular weight excluding hydrogens is 488 g/mol. The van der Waals surface area contributed by atoms with Crippen molar-refractivity contribution in [2.45, 2.75) is 43.7 Å². The first kappa shape index (κ1) is 27.0. The Morgan fingerprint density at radius 3 is 2.11 bits per heavy atom.